The molecule has 100 valence electrons. The first-order valence-corrected chi connectivity index (χ1v) is 7.22. The molecule has 1 fully saturated rings. The number of nitrogens with one attached hydrogen (secondary N) is 1. The molecule has 0 bridgehead atoms. The third-order valence-corrected chi connectivity index (χ3v) is 3.71. The highest BCUT2D eigenvalue weighted by atomic mass is 79.9. The fraction of sp³-hybridized carbons (Fsp3) is 0.571. The molecule has 4 heteroatoms. The molecule has 1 N–H and O–H groups in total. The summed E-state index contributed by atoms with van der Waals surface area (Å²) in [6.45, 7) is 2.35. The maximum absolute atomic E-state index is 5.70. The van der Waals surface area contributed by atoms with Crippen LogP contribution in [-0.2, 0) is 11.3 Å². The monoisotopic (exact) mass is 313 g/mol. The largest absolute Gasteiger partial charge is 0.493 e. The molecule has 1 aromatic rings. The highest BCUT2D eigenvalue weighted by Crippen LogP contribution is 2.25. The van der Waals surface area contributed by atoms with Crippen molar-refractivity contribution in [2.24, 2.45) is 0 Å². The van der Waals surface area contributed by atoms with E-state index in [1.54, 1.807) is 7.11 Å². The highest BCUT2D eigenvalue weighted by Gasteiger charge is 2.20. The molecule has 3 nitrogen and oxygen atoms in total. The van der Waals surface area contributed by atoms with Crippen molar-refractivity contribution in [1.82, 2.24) is 5.32 Å². The van der Waals surface area contributed by atoms with E-state index in [2.05, 4.69) is 33.4 Å². The lowest BCUT2D eigenvalue weighted by atomic mass is 10.2. The Morgan fingerprint density at radius 2 is 2.17 bits per heavy atom. The number of rotatable bonds is 8. The van der Waals surface area contributed by atoms with Crippen LogP contribution in [0.1, 0.15) is 24.8 Å². The molecule has 18 heavy (non-hydrogen) atoms. The van der Waals surface area contributed by atoms with E-state index in [0.717, 1.165) is 35.8 Å². The zero-order valence-electron chi connectivity index (χ0n) is 10.7. The molecule has 0 unspecified atom stereocenters. The Labute approximate surface area is 117 Å². The van der Waals surface area contributed by atoms with Crippen LogP contribution in [0.25, 0.3) is 0 Å². The average molecular weight is 314 g/mol. The van der Waals surface area contributed by atoms with Gasteiger partial charge in [-0.1, -0.05) is 15.9 Å². The molecule has 0 atom stereocenters. The van der Waals surface area contributed by atoms with E-state index in [9.17, 15) is 0 Å². The van der Waals surface area contributed by atoms with Crippen molar-refractivity contribution in [3.8, 4) is 5.75 Å². The summed E-state index contributed by atoms with van der Waals surface area (Å²) in [5, 5.41) is 3.51. The van der Waals surface area contributed by atoms with Gasteiger partial charge in [0.2, 0.25) is 0 Å². The van der Waals surface area contributed by atoms with Crippen LogP contribution < -0.4 is 10.1 Å². The van der Waals surface area contributed by atoms with Gasteiger partial charge in [0.25, 0.3) is 0 Å². The Morgan fingerprint density at radius 3 is 2.89 bits per heavy atom. The molecule has 0 saturated heterocycles. The summed E-state index contributed by atoms with van der Waals surface area (Å²) in [7, 11) is 1.71. The number of hydrogen-bond acceptors (Lipinski definition) is 3. The Balaban J connectivity index is 1.83. The molecule has 2 rings (SSSR count). The molecule has 1 saturated carbocycles. The molecule has 1 aliphatic rings. The van der Waals surface area contributed by atoms with Crippen molar-refractivity contribution in [2.45, 2.75) is 31.8 Å². The molecule has 0 spiro atoms. The second kappa shape index (κ2) is 7.12. The summed E-state index contributed by atoms with van der Waals surface area (Å²) in [6.07, 6.45) is 3.54. The average Bonchev–Trinajstić information content (AvgIpc) is 3.19. The second-order valence-electron chi connectivity index (χ2n) is 4.60. The fourth-order valence-electron chi connectivity index (χ4n) is 1.71. The van der Waals surface area contributed by atoms with Gasteiger partial charge >= 0.3 is 0 Å². The summed E-state index contributed by atoms with van der Waals surface area (Å²) in [6, 6.07) is 6.88. The van der Waals surface area contributed by atoms with Crippen molar-refractivity contribution < 1.29 is 9.47 Å². The maximum atomic E-state index is 5.70. The predicted molar refractivity (Wildman–Crippen MR) is 76.0 cm³/mol. The van der Waals surface area contributed by atoms with Crippen molar-refractivity contribution in [1.29, 1.82) is 0 Å². The number of benzene rings is 1. The Bertz CT molecular complexity index is 380. The van der Waals surface area contributed by atoms with Gasteiger partial charge in [-0.25, -0.2) is 0 Å². The highest BCUT2D eigenvalue weighted by molar-refractivity contribution is 9.10. The van der Waals surface area contributed by atoms with Gasteiger partial charge in [0, 0.05) is 37.2 Å². The third-order valence-electron chi connectivity index (χ3n) is 2.94. The van der Waals surface area contributed by atoms with Gasteiger partial charge in [0.1, 0.15) is 5.75 Å². The minimum Gasteiger partial charge on any atom is -0.493 e. The number of methoxy groups -OCH3 is 1. The molecular formula is C14H20BrNO2. The summed E-state index contributed by atoms with van der Waals surface area (Å²) < 4.78 is 11.8. The third kappa shape index (κ3) is 4.59. The van der Waals surface area contributed by atoms with E-state index in [1.807, 2.05) is 6.07 Å². The van der Waals surface area contributed by atoms with Crippen LogP contribution in [0.3, 0.4) is 0 Å². The van der Waals surface area contributed by atoms with E-state index >= 15 is 0 Å². The summed E-state index contributed by atoms with van der Waals surface area (Å²) >= 11 is 3.58. The van der Waals surface area contributed by atoms with E-state index < -0.39 is 0 Å². The number of halogens is 1. The van der Waals surface area contributed by atoms with Crippen molar-refractivity contribution in [3.63, 3.8) is 0 Å². The van der Waals surface area contributed by atoms with Crippen molar-refractivity contribution in [3.05, 3.63) is 28.2 Å². The smallest absolute Gasteiger partial charge is 0.119 e. The predicted octanol–water partition coefficient (Wildman–Crippen LogP) is 3.12. The van der Waals surface area contributed by atoms with E-state index in [0.29, 0.717) is 6.61 Å². The lowest BCUT2D eigenvalue weighted by Gasteiger charge is -2.10. The van der Waals surface area contributed by atoms with E-state index in [1.165, 1.54) is 18.4 Å². The van der Waals surface area contributed by atoms with Crippen LogP contribution in [-0.4, -0.2) is 26.4 Å². The first kappa shape index (κ1) is 13.8. The normalized spacial score (nSPS) is 14.8. The van der Waals surface area contributed by atoms with Gasteiger partial charge in [-0.3, -0.25) is 0 Å². The molecule has 0 aromatic heterocycles. The zero-order valence-corrected chi connectivity index (χ0v) is 12.3. The van der Waals surface area contributed by atoms with Crippen LogP contribution in [0, 0.1) is 0 Å². The van der Waals surface area contributed by atoms with Gasteiger partial charge < -0.3 is 14.8 Å². The van der Waals surface area contributed by atoms with Crippen LogP contribution in [0.4, 0.5) is 0 Å². The van der Waals surface area contributed by atoms with Crippen LogP contribution in [0.5, 0.6) is 5.75 Å². The minimum absolute atomic E-state index is 0.699. The number of hydrogen-bond donors (Lipinski definition) is 1. The van der Waals surface area contributed by atoms with Crippen LogP contribution >= 0.6 is 15.9 Å². The van der Waals surface area contributed by atoms with Gasteiger partial charge in [-0.15, -0.1) is 0 Å². The van der Waals surface area contributed by atoms with Crippen LogP contribution in [0.2, 0.25) is 0 Å². The van der Waals surface area contributed by atoms with Gasteiger partial charge in [-0.05, 0) is 36.6 Å². The maximum Gasteiger partial charge on any atom is 0.119 e. The van der Waals surface area contributed by atoms with E-state index in [-0.39, 0.29) is 0 Å². The van der Waals surface area contributed by atoms with Crippen molar-refractivity contribution in [2.75, 3.05) is 20.3 Å². The minimum atomic E-state index is 0.699. The van der Waals surface area contributed by atoms with E-state index in [4.69, 9.17) is 9.47 Å². The summed E-state index contributed by atoms with van der Waals surface area (Å²) in [5.41, 5.74) is 1.26. The summed E-state index contributed by atoms with van der Waals surface area (Å²) in [4.78, 5) is 0. The molecule has 0 amide bonds. The molecule has 1 aromatic carbocycles. The number of ether oxygens (including phenoxy) is 2. The zero-order chi connectivity index (χ0) is 12.8. The first-order chi connectivity index (χ1) is 8.79. The Morgan fingerprint density at radius 1 is 1.33 bits per heavy atom. The Hall–Kier alpha value is -0.580. The van der Waals surface area contributed by atoms with Crippen molar-refractivity contribution >= 4 is 15.9 Å². The first-order valence-electron chi connectivity index (χ1n) is 6.43. The summed E-state index contributed by atoms with van der Waals surface area (Å²) in [5.74, 6) is 0.932. The fourth-order valence-corrected chi connectivity index (χ4v) is 2.10. The standard InChI is InChI=1S/C14H20BrNO2/c1-17-7-2-8-18-13-5-6-14(15)11(9-13)10-16-12-3-4-12/h5-6,9,12,16H,2-4,7-8,10H2,1H3. The molecular weight excluding hydrogens is 294 g/mol. The quantitative estimate of drug-likeness (QED) is 0.748. The topological polar surface area (TPSA) is 30.5 Å². The molecule has 0 radical (unpaired) electrons. The molecule has 0 aliphatic heterocycles. The van der Waals surface area contributed by atoms with Gasteiger partial charge in [0.15, 0.2) is 0 Å². The van der Waals surface area contributed by atoms with Crippen LogP contribution in [0.15, 0.2) is 22.7 Å². The lowest BCUT2D eigenvalue weighted by Crippen LogP contribution is -2.15. The van der Waals surface area contributed by atoms with Gasteiger partial charge in [0.05, 0.1) is 6.61 Å². The lowest BCUT2D eigenvalue weighted by molar-refractivity contribution is 0.172. The second-order valence-corrected chi connectivity index (χ2v) is 5.46. The molecule has 1 aliphatic carbocycles. The van der Waals surface area contributed by atoms with Gasteiger partial charge in [-0.2, -0.15) is 0 Å². The SMILES string of the molecule is COCCCOc1ccc(Br)c(CNC2CC2)c1. The Kier molecular flexibility index (Phi) is 5.47. The molecule has 0 heterocycles.